The molecule has 1 spiro atoms. The van der Waals surface area contributed by atoms with Crippen molar-refractivity contribution >= 4 is 40.2 Å². The van der Waals surface area contributed by atoms with Gasteiger partial charge in [0.2, 0.25) is 5.91 Å². The Labute approximate surface area is 142 Å². The highest BCUT2D eigenvalue weighted by molar-refractivity contribution is 7.08. The summed E-state index contributed by atoms with van der Waals surface area (Å²) in [6.45, 7) is 2.06. The van der Waals surface area contributed by atoms with Crippen LogP contribution < -0.4 is 4.90 Å². The Morgan fingerprint density at radius 2 is 1.91 bits per heavy atom. The van der Waals surface area contributed by atoms with E-state index in [4.69, 9.17) is 0 Å². The fourth-order valence-corrected chi connectivity index (χ4v) is 4.73. The van der Waals surface area contributed by atoms with Crippen LogP contribution in [-0.2, 0) is 4.79 Å². The lowest BCUT2D eigenvalue weighted by molar-refractivity contribution is -0.127. The number of piperidine rings is 1. The molecule has 120 valence electrons. The summed E-state index contributed by atoms with van der Waals surface area (Å²) in [4.78, 5) is 33.1. The Morgan fingerprint density at radius 1 is 1.13 bits per heavy atom. The second-order valence-corrected chi connectivity index (χ2v) is 7.63. The van der Waals surface area contributed by atoms with Gasteiger partial charge in [-0.05, 0) is 30.7 Å². The molecule has 0 atom stereocenters. The van der Waals surface area contributed by atoms with Gasteiger partial charge in [-0.15, -0.1) is 11.3 Å². The third-order valence-corrected chi connectivity index (χ3v) is 6.25. The van der Waals surface area contributed by atoms with Crippen molar-refractivity contribution in [2.24, 2.45) is 5.41 Å². The molecule has 2 fully saturated rings. The van der Waals surface area contributed by atoms with Gasteiger partial charge in [0.25, 0.3) is 5.91 Å². The van der Waals surface area contributed by atoms with E-state index in [1.54, 1.807) is 22.2 Å². The molecule has 23 heavy (non-hydrogen) atoms. The lowest BCUT2D eigenvalue weighted by atomic mass is 9.77. The lowest BCUT2D eigenvalue weighted by Gasteiger charge is -2.37. The Hall–Kier alpha value is -1.73. The normalized spacial score (nSPS) is 20.4. The van der Waals surface area contributed by atoms with E-state index in [1.807, 2.05) is 26.6 Å². The molecule has 2 aliphatic heterocycles. The summed E-state index contributed by atoms with van der Waals surface area (Å²) in [5, 5.41) is 5.81. The van der Waals surface area contributed by atoms with Crippen LogP contribution in [0.1, 0.15) is 29.8 Å². The first kappa shape index (κ1) is 14.8. The maximum atomic E-state index is 12.9. The third kappa shape index (κ3) is 2.48. The summed E-state index contributed by atoms with van der Waals surface area (Å²) in [6.07, 6.45) is 2.39. The monoisotopic (exact) mass is 347 g/mol. The number of rotatable bonds is 2. The molecule has 2 aromatic rings. The van der Waals surface area contributed by atoms with Gasteiger partial charge in [0.15, 0.2) is 0 Å². The highest BCUT2D eigenvalue weighted by Crippen LogP contribution is 2.43. The number of amides is 2. The van der Waals surface area contributed by atoms with E-state index in [0.29, 0.717) is 18.8 Å². The number of hydrogen-bond acceptors (Lipinski definition) is 5. The van der Waals surface area contributed by atoms with E-state index in [0.717, 1.165) is 31.5 Å². The smallest absolute Gasteiger partial charge is 0.273 e. The Morgan fingerprint density at radius 3 is 2.57 bits per heavy atom. The van der Waals surface area contributed by atoms with Crippen molar-refractivity contribution in [1.82, 2.24) is 9.88 Å². The maximum Gasteiger partial charge on any atom is 0.273 e. The first-order valence-electron chi connectivity index (χ1n) is 7.71. The summed E-state index contributed by atoms with van der Waals surface area (Å²) in [5.74, 6) is 0.220. The Balaban J connectivity index is 1.45. The fraction of sp³-hybridized carbons (Fsp3) is 0.438. The number of thiazole rings is 1. The Kier molecular flexibility index (Phi) is 3.69. The van der Waals surface area contributed by atoms with E-state index in [9.17, 15) is 9.59 Å². The molecular weight excluding hydrogens is 330 g/mol. The number of thiophene rings is 1. The van der Waals surface area contributed by atoms with Crippen molar-refractivity contribution < 1.29 is 9.59 Å². The summed E-state index contributed by atoms with van der Waals surface area (Å²) in [7, 11) is 0. The molecule has 0 aromatic carbocycles. The van der Waals surface area contributed by atoms with Gasteiger partial charge >= 0.3 is 0 Å². The molecule has 0 radical (unpaired) electrons. The number of carbonyl (C=O) groups excluding carboxylic acids is 2. The van der Waals surface area contributed by atoms with Gasteiger partial charge in [-0.2, -0.15) is 11.3 Å². The molecular formula is C16H17N3O2S2. The molecule has 5 nitrogen and oxygen atoms in total. The zero-order chi connectivity index (χ0) is 15.9. The molecule has 0 bridgehead atoms. The van der Waals surface area contributed by atoms with Crippen LogP contribution in [0.25, 0.3) is 0 Å². The topological polar surface area (TPSA) is 53.5 Å². The van der Waals surface area contributed by atoms with Gasteiger partial charge in [-0.1, -0.05) is 0 Å². The molecule has 2 saturated heterocycles. The largest absolute Gasteiger partial charge is 0.337 e. The van der Waals surface area contributed by atoms with Gasteiger partial charge in [0.1, 0.15) is 5.69 Å². The van der Waals surface area contributed by atoms with Gasteiger partial charge in [0, 0.05) is 30.4 Å². The first-order chi connectivity index (χ1) is 11.2. The van der Waals surface area contributed by atoms with Crippen LogP contribution in [-0.4, -0.2) is 41.3 Å². The number of hydrogen-bond donors (Lipinski definition) is 0. The summed E-state index contributed by atoms with van der Waals surface area (Å²) in [6, 6.07) is 2.00. The van der Waals surface area contributed by atoms with E-state index < -0.39 is 0 Å². The average molecular weight is 347 g/mol. The molecule has 4 heterocycles. The minimum atomic E-state index is -0.277. The van der Waals surface area contributed by atoms with Crippen LogP contribution in [0, 0.1) is 5.41 Å². The maximum absolute atomic E-state index is 12.9. The van der Waals surface area contributed by atoms with Crippen molar-refractivity contribution in [3.05, 3.63) is 33.4 Å². The number of carbonyl (C=O) groups is 2. The van der Waals surface area contributed by atoms with Crippen LogP contribution in [0.5, 0.6) is 0 Å². The number of aromatic nitrogens is 1. The van der Waals surface area contributed by atoms with Crippen molar-refractivity contribution in [2.45, 2.75) is 19.3 Å². The summed E-state index contributed by atoms with van der Waals surface area (Å²) >= 11 is 3.05. The van der Waals surface area contributed by atoms with E-state index >= 15 is 0 Å². The highest BCUT2D eigenvalue weighted by Gasteiger charge is 2.49. The third-order valence-electron chi connectivity index (χ3n) is 4.99. The molecule has 4 rings (SSSR count). The predicted octanol–water partition coefficient (Wildman–Crippen LogP) is 2.86. The molecule has 2 aliphatic rings. The highest BCUT2D eigenvalue weighted by atomic mass is 32.1. The van der Waals surface area contributed by atoms with Crippen LogP contribution in [0.2, 0.25) is 0 Å². The number of nitrogens with zero attached hydrogens (tertiary/aromatic N) is 3. The van der Waals surface area contributed by atoms with E-state index in [-0.39, 0.29) is 17.2 Å². The average Bonchev–Trinajstić information content (AvgIpc) is 3.31. The second-order valence-electron chi connectivity index (χ2n) is 6.13. The van der Waals surface area contributed by atoms with Gasteiger partial charge < -0.3 is 9.80 Å². The first-order valence-corrected chi connectivity index (χ1v) is 9.60. The molecule has 2 aromatic heterocycles. The fourth-order valence-electron chi connectivity index (χ4n) is 3.56. The number of anilines is 1. The minimum Gasteiger partial charge on any atom is -0.337 e. The van der Waals surface area contributed by atoms with E-state index in [1.165, 1.54) is 11.3 Å². The zero-order valence-corrected chi connectivity index (χ0v) is 14.2. The number of likely N-dealkylation sites (tertiary alicyclic amines) is 1. The van der Waals surface area contributed by atoms with Crippen molar-refractivity contribution in [3.63, 3.8) is 0 Å². The minimum absolute atomic E-state index is 0.0127. The molecule has 2 amide bonds. The molecule has 0 saturated carbocycles. The molecule has 7 heteroatoms. The van der Waals surface area contributed by atoms with Crippen molar-refractivity contribution in [1.29, 1.82) is 0 Å². The van der Waals surface area contributed by atoms with Crippen LogP contribution >= 0.6 is 22.7 Å². The molecule has 0 unspecified atom stereocenters. The second kappa shape index (κ2) is 5.72. The lowest BCUT2D eigenvalue weighted by Crippen LogP contribution is -2.46. The van der Waals surface area contributed by atoms with Crippen LogP contribution in [0.4, 0.5) is 5.69 Å². The molecule has 0 aliphatic carbocycles. The van der Waals surface area contributed by atoms with Gasteiger partial charge in [-0.3, -0.25) is 9.59 Å². The van der Waals surface area contributed by atoms with Gasteiger partial charge in [0.05, 0.1) is 16.6 Å². The van der Waals surface area contributed by atoms with Crippen LogP contribution in [0.3, 0.4) is 0 Å². The summed E-state index contributed by atoms with van der Waals surface area (Å²) < 4.78 is 0. The summed E-state index contributed by atoms with van der Waals surface area (Å²) in [5.41, 5.74) is 2.93. The molecule has 0 N–H and O–H groups in total. The van der Waals surface area contributed by atoms with Crippen LogP contribution in [0.15, 0.2) is 27.7 Å². The zero-order valence-electron chi connectivity index (χ0n) is 12.6. The van der Waals surface area contributed by atoms with Crippen molar-refractivity contribution in [2.75, 3.05) is 24.5 Å². The van der Waals surface area contributed by atoms with E-state index in [2.05, 4.69) is 4.98 Å². The SMILES string of the molecule is O=C(c1cscn1)N1CCC2(CC1)CCN(c1ccsc1)C2=O. The van der Waals surface area contributed by atoms with Gasteiger partial charge in [-0.25, -0.2) is 4.98 Å². The predicted molar refractivity (Wildman–Crippen MR) is 91.0 cm³/mol. The Bertz CT molecular complexity index is 704. The standard InChI is InChI=1S/C16H17N3O2S2/c20-14(13-10-23-11-17-13)18-5-2-16(3-6-18)4-7-19(15(16)21)12-1-8-22-9-12/h1,8-11H,2-7H2. The van der Waals surface area contributed by atoms with Crippen molar-refractivity contribution in [3.8, 4) is 0 Å². The quantitative estimate of drug-likeness (QED) is 0.839.